The van der Waals surface area contributed by atoms with Gasteiger partial charge >= 0.3 is 5.97 Å². The third kappa shape index (κ3) is 9.08. The van der Waals surface area contributed by atoms with Crippen molar-refractivity contribution in [3.8, 4) is 0 Å². The minimum absolute atomic E-state index is 0.0332. The van der Waals surface area contributed by atoms with Crippen molar-refractivity contribution >= 4 is 16.2 Å². The predicted octanol–water partition coefficient (Wildman–Crippen LogP) is 0.710. The standard InChI is InChI=1S/C10H22N2O4S/c1-5-8(6-9(13)14)7-11-17(15,16)12-10(2,3)4/h8,11-12H,5-7H2,1-4H3,(H,13,14). The highest BCUT2D eigenvalue weighted by molar-refractivity contribution is 7.87. The van der Waals surface area contributed by atoms with E-state index in [0.29, 0.717) is 6.42 Å². The van der Waals surface area contributed by atoms with Crippen LogP contribution in [0.25, 0.3) is 0 Å². The molecule has 6 nitrogen and oxygen atoms in total. The van der Waals surface area contributed by atoms with Gasteiger partial charge < -0.3 is 5.11 Å². The molecule has 0 aliphatic heterocycles. The molecule has 0 saturated carbocycles. The molecule has 0 saturated heterocycles. The number of hydrogen-bond acceptors (Lipinski definition) is 3. The molecule has 0 aliphatic rings. The van der Waals surface area contributed by atoms with Crippen molar-refractivity contribution in [3.05, 3.63) is 0 Å². The van der Waals surface area contributed by atoms with E-state index in [1.807, 2.05) is 6.92 Å². The summed E-state index contributed by atoms with van der Waals surface area (Å²) in [6.45, 7) is 7.18. The zero-order chi connectivity index (χ0) is 13.7. The fourth-order valence-electron chi connectivity index (χ4n) is 1.27. The fourth-order valence-corrected chi connectivity index (χ4v) is 2.61. The van der Waals surface area contributed by atoms with Crippen LogP contribution in [-0.2, 0) is 15.0 Å². The van der Waals surface area contributed by atoms with E-state index in [1.54, 1.807) is 20.8 Å². The van der Waals surface area contributed by atoms with Gasteiger partial charge in [0.1, 0.15) is 0 Å². The summed E-state index contributed by atoms with van der Waals surface area (Å²) >= 11 is 0. The number of carboxylic acid groups (broad SMARTS) is 1. The number of nitrogens with one attached hydrogen (secondary N) is 2. The van der Waals surface area contributed by atoms with E-state index in [9.17, 15) is 13.2 Å². The monoisotopic (exact) mass is 266 g/mol. The van der Waals surface area contributed by atoms with Gasteiger partial charge in [-0.2, -0.15) is 13.1 Å². The van der Waals surface area contributed by atoms with Gasteiger partial charge in [-0.25, -0.2) is 4.72 Å². The van der Waals surface area contributed by atoms with Crippen molar-refractivity contribution in [3.63, 3.8) is 0 Å². The summed E-state index contributed by atoms with van der Waals surface area (Å²) in [5.41, 5.74) is -0.555. The smallest absolute Gasteiger partial charge is 0.303 e. The van der Waals surface area contributed by atoms with Gasteiger partial charge in [0.05, 0.1) is 0 Å². The van der Waals surface area contributed by atoms with Crippen LogP contribution >= 0.6 is 0 Å². The maximum atomic E-state index is 11.6. The van der Waals surface area contributed by atoms with Gasteiger partial charge in [0.2, 0.25) is 0 Å². The van der Waals surface area contributed by atoms with Crippen molar-refractivity contribution in [2.24, 2.45) is 5.92 Å². The van der Waals surface area contributed by atoms with Crippen LogP contribution in [0.2, 0.25) is 0 Å². The molecule has 1 unspecified atom stereocenters. The lowest BCUT2D eigenvalue weighted by Crippen LogP contribution is -2.48. The molecule has 0 amide bonds. The maximum absolute atomic E-state index is 11.6. The van der Waals surface area contributed by atoms with Crippen LogP contribution in [0.15, 0.2) is 0 Å². The summed E-state index contributed by atoms with van der Waals surface area (Å²) < 4.78 is 28.0. The molecule has 0 rings (SSSR count). The molecule has 0 spiro atoms. The van der Waals surface area contributed by atoms with E-state index in [1.165, 1.54) is 0 Å². The fraction of sp³-hybridized carbons (Fsp3) is 0.900. The topological polar surface area (TPSA) is 95.5 Å². The largest absolute Gasteiger partial charge is 0.481 e. The van der Waals surface area contributed by atoms with E-state index >= 15 is 0 Å². The Labute approximate surface area is 103 Å². The zero-order valence-corrected chi connectivity index (χ0v) is 11.6. The van der Waals surface area contributed by atoms with Crippen LogP contribution in [0.3, 0.4) is 0 Å². The zero-order valence-electron chi connectivity index (χ0n) is 10.8. The predicted molar refractivity (Wildman–Crippen MR) is 65.8 cm³/mol. The van der Waals surface area contributed by atoms with Gasteiger partial charge in [-0.1, -0.05) is 13.3 Å². The quantitative estimate of drug-likeness (QED) is 0.632. The Morgan fingerprint density at radius 1 is 1.35 bits per heavy atom. The summed E-state index contributed by atoms with van der Waals surface area (Å²) in [6.07, 6.45) is 0.582. The van der Waals surface area contributed by atoms with Crippen molar-refractivity contribution in [1.29, 1.82) is 0 Å². The van der Waals surface area contributed by atoms with Crippen LogP contribution in [0.5, 0.6) is 0 Å². The first kappa shape index (κ1) is 16.3. The third-order valence-electron chi connectivity index (χ3n) is 2.04. The van der Waals surface area contributed by atoms with Crippen molar-refractivity contribution < 1.29 is 18.3 Å². The van der Waals surface area contributed by atoms with Crippen LogP contribution in [0.4, 0.5) is 0 Å². The Balaban J connectivity index is 4.29. The summed E-state index contributed by atoms with van der Waals surface area (Å²) in [4.78, 5) is 10.5. The Hall–Kier alpha value is -0.660. The number of aliphatic carboxylic acids is 1. The van der Waals surface area contributed by atoms with Crippen LogP contribution in [0, 0.1) is 5.92 Å². The van der Waals surface area contributed by atoms with E-state index in [0.717, 1.165) is 0 Å². The second kappa shape index (κ2) is 6.32. The van der Waals surface area contributed by atoms with Crippen molar-refractivity contribution in [1.82, 2.24) is 9.44 Å². The molecule has 0 fully saturated rings. The Kier molecular flexibility index (Phi) is 6.08. The van der Waals surface area contributed by atoms with Crippen LogP contribution in [-0.4, -0.2) is 31.6 Å². The molecule has 17 heavy (non-hydrogen) atoms. The highest BCUT2D eigenvalue weighted by Gasteiger charge is 2.21. The van der Waals surface area contributed by atoms with Crippen molar-refractivity contribution in [2.45, 2.75) is 46.1 Å². The molecule has 3 N–H and O–H groups in total. The molecule has 0 radical (unpaired) electrons. The first-order valence-corrected chi connectivity index (χ1v) is 7.04. The molecule has 0 aliphatic carbocycles. The number of carboxylic acids is 1. The lowest BCUT2D eigenvalue weighted by Gasteiger charge is -2.21. The Bertz CT molecular complexity index is 346. The molecule has 0 aromatic carbocycles. The van der Waals surface area contributed by atoms with Gasteiger partial charge in [-0.05, 0) is 26.7 Å². The van der Waals surface area contributed by atoms with E-state index in [-0.39, 0.29) is 18.9 Å². The number of carbonyl (C=O) groups is 1. The third-order valence-corrected chi connectivity index (χ3v) is 3.47. The molecular formula is C10H22N2O4S. The normalized spacial score (nSPS) is 14.6. The maximum Gasteiger partial charge on any atom is 0.303 e. The van der Waals surface area contributed by atoms with Crippen LogP contribution < -0.4 is 9.44 Å². The molecule has 0 aromatic heterocycles. The molecule has 0 bridgehead atoms. The second-order valence-electron chi connectivity index (χ2n) is 5.08. The Morgan fingerprint density at radius 2 is 1.88 bits per heavy atom. The molecular weight excluding hydrogens is 244 g/mol. The van der Waals surface area contributed by atoms with E-state index in [4.69, 9.17) is 5.11 Å². The molecule has 0 aromatic rings. The minimum Gasteiger partial charge on any atom is -0.481 e. The van der Waals surface area contributed by atoms with Gasteiger partial charge in [-0.3, -0.25) is 4.79 Å². The highest BCUT2D eigenvalue weighted by Crippen LogP contribution is 2.07. The second-order valence-corrected chi connectivity index (χ2v) is 6.58. The summed E-state index contributed by atoms with van der Waals surface area (Å²) in [5, 5.41) is 8.64. The minimum atomic E-state index is -3.57. The molecule has 102 valence electrons. The molecule has 1 atom stereocenters. The van der Waals surface area contributed by atoms with Gasteiger partial charge in [0.15, 0.2) is 0 Å². The lowest BCUT2D eigenvalue weighted by molar-refractivity contribution is -0.138. The highest BCUT2D eigenvalue weighted by atomic mass is 32.2. The van der Waals surface area contributed by atoms with Gasteiger partial charge in [0.25, 0.3) is 10.2 Å². The lowest BCUT2D eigenvalue weighted by atomic mass is 10.0. The van der Waals surface area contributed by atoms with Crippen LogP contribution in [0.1, 0.15) is 40.5 Å². The van der Waals surface area contributed by atoms with E-state index < -0.39 is 21.7 Å². The van der Waals surface area contributed by atoms with Gasteiger partial charge in [-0.15, -0.1) is 0 Å². The average Bonchev–Trinajstić information content (AvgIpc) is 2.07. The first-order valence-electron chi connectivity index (χ1n) is 5.56. The number of rotatable bonds is 7. The SMILES string of the molecule is CCC(CNS(=O)(=O)NC(C)(C)C)CC(=O)O. The van der Waals surface area contributed by atoms with Gasteiger partial charge in [0, 0.05) is 18.5 Å². The summed E-state index contributed by atoms with van der Waals surface area (Å²) in [6, 6.07) is 0. The number of hydrogen-bond donors (Lipinski definition) is 3. The molecule has 0 heterocycles. The van der Waals surface area contributed by atoms with Crippen molar-refractivity contribution in [2.75, 3.05) is 6.54 Å². The Morgan fingerprint density at radius 3 is 2.24 bits per heavy atom. The molecule has 7 heteroatoms. The van der Waals surface area contributed by atoms with E-state index in [2.05, 4.69) is 9.44 Å². The summed E-state index contributed by atoms with van der Waals surface area (Å²) in [5.74, 6) is -1.11. The average molecular weight is 266 g/mol. The summed E-state index contributed by atoms with van der Waals surface area (Å²) in [7, 11) is -3.57. The first-order chi connectivity index (χ1) is 7.56.